The maximum Gasteiger partial charge on any atom is 0.308 e. The van der Waals surface area contributed by atoms with Gasteiger partial charge in [-0.25, -0.2) is 0 Å². The normalized spacial score (nSPS) is 23.7. The van der Waals surface area contributed by atoms with Crippen molar-refractivity contribution in [2.75, 3.05) is 13.7 Å². The number of likely N-dealkylation sites (tertiary alicyclic amines) is 1. The zero-order valence-electron chi connectivity index (χ0n) is 15.4. The zero-order chi connectivity index (χ0) is 18.7. The molecule has 3 rings (SSSR count). The van der Waals surface area contributed by atoms with Crippen molar-refractivity contribution < 1.29 is 24.2 Å². The number of carboxylic acids is 1. The van der Waals surface area contributed by atoms with E-state index in [1.54, 1.807) is 30.2 Å². The molecule has 1 heterocycles. The molecule has 2 aliphatic rings. The van der Waals surface area contributed by atoms with E-state index in [2.05, 4.69) is 0 Å². The van der Waals surface area contributed by atoms with Crippen molar-refractivity contribution in [3.63, 3.8) is 0 Å². The number of carboxylic acid groups (broad SMARTS) is 1. The van der Waals surface area contributed by atoms with Crippen LogP contribution in [0.15, 0.2) is 18.2 Å². The Morgan fingerprint density at radius 1 is 1.12 bits per heavy atom. The Labute approximate surface area is 154 Å². The number of aliphatic carboxylic acids is 1. The molecule has 1 aromatic carbocycles. The highest BCUT2D eigenvalue weighted by atomic mass is 16.5. The third-order valence-corrected chi connectivity index (χ3v) is 5.50. The Bertz CT molecular complexity index is 668. The first-order valence-electron chi connectivity index (χ1n) is 9.38. The summed E-state index contributed by atoms with van der Waals surface area (Å²) in [6.07, 6.45) is 5.83. The molecule has 1 amide bonds. The van der Waals surface area contributed by atoms with Crippen molar-refractivity contribution >= 4 is 11.9 Å². The fourth-order valence-electron chi connectivity index (χ4n) is 3.84. The van der Waals surface area contributed by atoms with Gasteiger partial charge in [0.1, 0.15) is 0 Å². The topological polar surface area (TPSA) is 76.1 Å². The minimum absolute atomic E-state index is 0.0272. The Hall–Kier alpha value is -2.24. The van der Waals surface area contributed by atoms with Gasteiger partial charge in [-0.15, -0.1) is 0 Å². The maximum atomic E-state index is 13.0. The smallest absolute Gasteiger partial charge is 0.308 e. The average Bonchev–Trinajstić information content (AvgIpc) is 3.14. The molecule has 2 fully saturated rings. The first-order valence-corrected chi connectivity index (χ1v) is 9.38. The van der Waals surface area contributed by atoms with Gasteiger partial charge in [-0.3, -0.25) is 9.59 Å². The van der Waals surface area contributed by atoms with Crippen LogP contribution in [-0.2, 0) is 4.79 Å². The molecule has 2 unspecified atom stereocenters. The molecule has 6 heteroatoms. The standard InChI is InChI=1S/C20H27NO5/c1-13-7-8-15(20(23)24)12-21(13)19(22)14-9-10-17(25-2)18(11-14)26-16-5-3-4-6-16/h9-11,13,15-16H,3-8,12H2,1-2H3,(H,23,24). The van der Waals surface area contributed by atoms with Crippen LogP contribution in [0.1, 0.15) is 55.8 Å². The fraction of sp³-hybridized carbons (Fsp3) is 0.600. The Balaban J connectivity index is 1.80. The summed E-state index contributed by atoms with van der Waals surface area (Å²) >= 11 is 0. The van der Waals surface area contributed by atoms with E-state index in [4.69, 9.17) is 9.47 Å². The van der Waals surface area contributed by atoms with E-state index in [9.17, 15) is 14.7 Å². The third kappa shape index (κ3) is 3.94. The monoisotopic (exact) mass is 361 g/mol. The number of benzene rings is 1. The summed E-state index contributed by atoms with van der Waals surface area (Å²) in [6.45, 7) is 2.22. The maximum absolute atomic E-state index is 13.0. The fourth-order valence-corrected chi connectivity index (χ4v) is 3.84. The quantitative estimate of drug-likeness (QED) is 0.870. The number of methoxy groups -OCH3 is 1. The van der Waals surface area contributed by atoms with Crippen molar-refractivity contribution in [3.05, 3.63) is 23.8 Å². The first-order chi connectivity index (χ1) is 12.5. The lowest BCUT2D eigenvalue weighted by atomic mass is 9.93. The van der Waals surface area contributed by atoms with E-state index in [-0.39, 0.29) is 24.6 Å². The average molecular weight is 361 g/mol. The van der Waals surface area contributed by atoms with Gasteiger partial charge in [0, 0.05) is 18.2 Å². The predicted octanol–water partition coefficient (Wildman–Crippen LogP) is 3.34. The van der Waals surface area contributed by atoms with E-state index < -0.39 is 11.9 Å². The van der Waals surface area contributed by atoms with Gasteiger partial charge in [0.25, 0.3) is 5.91 Å². The molecule has 0 aromatic heterocycles. The zero-order valence-corrected chi connectivity index (χ0v) is 15.4. The number of amides is 1. The van der Waals surface area contributed by atoms with Crippen LogP contribution in [0.4, 0.5) is 0 Å². The summed E-state index contributed by atoms with van der Waals surface area (Å²) in [5.74, 6) is -0.284. The van der Waals surface area contributed by atoms with Crippen LogP contribution >= 0.6 is 0 Å². The van der Waals surface area contributed by atoms with Crippen LogP contribution in [0, 0.1) is 5.92 Å². The lowest BCUT2D eigenvalue weighted by Gasteiger charge is -2.36. The number of hydrogen-bond donors (Lipinski definition) is 1. The largest absolute Gasteiger partial charge is 0.493 e. The molecule has 1 aliphatic heterocycles. The molecule has 142 valence electrons. The summed E-state index contributed by atoms with van der Waals surface area (Å²) in [5, 5.41) is 9.29. The second-order valence-electron chi connectivity index (χ2n) is 7.31. The predicted molar refractivity (Wildman–Crippen MR) is 96.7 cm³/mol. The van der Waals surface area contributed by atoms with Gasteiger partial charge in [-0.2, -0.15) is 0 Å². The summed E-state index contributed by atoms with van der Waals surface area (Å²) in [7, 11) is 1.59. The Morgan fingerprint density at radius 3 is 2.50 bits per heavy atom. The molecule has 0 spiro atoms. The number of carbonyl (C=O) groups excluding carboxylic acids is 1. The van der Waals surface area contributed by atoms with E-state index >= 15 is 0 Å². The third-order valence-electron chi connectivity index (χ3n) is 5.50. The number of rotatable bonds is 5. The number of piperidine rings is 1. The van der Waals surface area contributed by atoms with E-state index in [1.165, 1.54) is 0 Å². The molecule has 1 saturated heterocycles. The van der Waals surface area contributed by atoms with Gasteiger partial charge in [0.15, 0.2) is 11.5 Å². The summed E-state index contributed by atoms with van der Waals surface area (Å²) < 4.78 is 11.4. The number of hydrogen-bond acceptors (Lipinski definition) is 4. The van der Waals surface area contributed by atoms with Crippen molar-refractivity contribution in [2.45, 2.75) is 57.6 Å². The van der Waals surface area contributed by atoms with E-state index in [0.717, 1.165) is 25.7 Å². The van der Waals surface area contributed by atoms with Crippen LogP contribution in [0.25, 0.3) is 0 Å². The first kappa shape index (κ1) is 18.5. The van der Waals surface area contributed by atoms with Crippen LogP contribution < -0.4 is 9.47 Å². The lowest BCUT2D eigenvalue weighted by Crippen LogP contribution is -2.47. The number of carbonyl (C=O) groups is 2. The van der Waals surface area contributed by atoms with Gasteiger partial charge in [0.2, 0.25) is 0 Å². The van der Waals surface area contributed by atoms with E-state index in [0.29, 0.717) is 29.9 Å². The highest BCUT2D eigenvalue weighted by molar-refractivity contribution is 5.95. The lowest BCUT2D eigenvalue weighted by molar-refractivity contribution is -0.143. The molecule has 0 bridgehead atoms. The SMILES string of the molecule is COc1ccc(C(=O)N2CC(C(=O)O)CCC2C)cc1OC1CCCC1. The molecule has 1 saturated carbocycles. The summed E-state index contributed by atoms with van der Waals surface area (Å²) in [4.78, 5) is 26.0. The minimum atomic E-state index is -0.838. The molecule has 0 radical (unpaired) electrons. The second-order valence-corrected chi connectivity index (χ2v) is 7.31. The van der Waals surface area contributed by atoms with Crippen LogP contribution in [0.2, 0.25) is 0 Å². The summed E-state index contributed by atoms with van der Waals surface area (Å²) in [5.41, 5.74) is 0.511. The van der Waals surface area contributed by atoms with Gasteiger partial charge < -0.3 is 19.5 Å². The number of nitrogens with zero attached hydrogens (tertiary/aromatic N) is 1. The highest BCUT2D eigenvalue weighted by Gasteiger charge is 2.33. The molecule has 1 aliphatic carbocycles. The molecule has 1 aromatic rings. The van der Waals surface area contributed by atoms with Gasteiger partial charge in [0.05, 0.1) is 19.1 Å². The highest BCUT2D eigenvalue weighted by Crippen LogP contribution is 2.33. The molecular formula is C20H27NO5. The molecule has 26 heavy (non-hydrogen) atoms. The molecule has 6 nitrogen and oxygen atoms in total. The molecular weight excluding hydrogens is 334 g/mol. The number of ether oxygens (including phenoxy) is 2. The van der Waals surface area contributed by atoms with E-state index in [1.807, 2.05) is 6.92 Å². The van der Waals surface area contributed by atoms with Crippen LogP contribution in [0.5, 0.6) is 11.5 Å². The van der Waals surface area contributed by atoms with Crippen molar-refractivity contribution in [1.29, 1.82) is 0 Å². The minimum Gasteiger partial charge on any atom is -0.493 e. The Morgan fingerprint density at radius 2 is 1.85 bits per heavy atom. The van der Waals surface area contributed by atoms with Crippen molar-refractivity contribution in [1.82, 2.24) is 4.90 Å². The van der Waals surface area contributed by atoms with Crippen LogP contribution in [0.3, 0.4) is 0 Å². The van der Waals surface area contributed by atoms with Gasteiger partial charge >= 0.3 is 5.97 Å². The van der Waals surface area contributed by atoms with Crippen LogP contribution in [-0.4, -0.2) is 47.7 Å². The second kappa shape index (κ2) is 7.98. The summed E-state index contributed by atoms with van der Waals surface area (Å²) in [6, 6.07) is 5.23. The molecule has 1 N–H and O–H groups in total. The van der Waals surface area contributed by atoms with Crippen molar-refractivity contribution in [2.24, 2.45) is 5.92 Å². The molecule has 2 atom stereocenters. The van der Waals surface area contributed by atoms with Gasteiger partial charge in [-0.05, 0) is 63.6 Å². The Kier molecular flexibility index (Phi) is 5.69. The van der Waals surface area contributed by atoms with Gasteiger partial charge in [-0.1, -0.05) is 0 Å². The van der Waals surface area contributed by atoms with Crippen molar-refractivity contribution in [3.8, 4) is 11.5 Å².